The first-order valence-electron chi connectivity index (χ1n) is 7.38. The third-order valence-electron chi connectivity index (χ3n) is 4.31. The van der Waals surface area contributed by atoms with Crippen molar-refractivity contribution in [3.63, 3.8) is 0 Å². The van der Waals surface area contributed by atoms with Gasteiger partial charge in [-0.25, -0.2) is 0 Å². The minimum Gasteiger partial charge on any atom is -0.393 e. The van der Waals surface area contributed by atoms with Gasteiger partial charge in [0, 0.05) is 25.7 Å². The summed E-state index contributed by atoms with van der Waals surface area (Å²) in [6.07, 6.45) is 8.18. The average molecular weight is 292 g/mol. The number of allylic oxidation sites excluding steroid dienone is 2. The largest absolute Gasteiger partial charge is 0.393 e. The predicted molar refractivity (Wildman–Crippen MR) is 74.5 cm³/mol. The van der Waals surface area contributed by atoms with Crippen molar-refractivity contribution >= 4 is 11.6 Å². The van der Waals surface area contributed by atoms with Crippen molar-refractivity contribution < 1.29 is 24.2 Å². The van der Waals surface area contributed by atoms with Crippen molar-refractivity contribution in [2.24, 2.45) is 0 Å². The summed E-state index contributed by atoms with van der Waals surface area (Å²) in [4.78, 5) is 22.5. The van der Waals surface area contributed by atoms with Crippen molar-refractivity contribution in [3.8, 4) is 0 Å². The van der Waals surface area contributed by atoms with Crippen LogP contribution in [0.1, 0.15) is 39.0 Å². The molecule has 21 heavy (non-hydrogen) atoms. The maximum absolute atomic E-state index is 11.3. The van der Waals surface area contributed by atoms with E-state index in [0.29, 0.717) is 32.1 Å². The molecular weight excluding hydrogens is 272 g/mol. The van der Waals surface area contributed by atoms with Crippen LogP contribution in [0.15, 0.2) is 24.3 Å². The molecule has 0 bridgehead atoms. The van der Waals surface area contributed by atoms with Crippen LogP contribution in [0.5, 0.6) is 0 Å². The van der Waals surface area contributed by atoms with Crippen LogP contribution < -0.4 is 0 Å². The Morgan fingerprint density at radius 3 is 2.76 bits per heavy atom. The average Bonchev–Trinajstić information content (AvgIpc) is 2.70. The molecular formula is C16H20O5. The monoisotopic (exact) mass is 292 g/mol. The highest BCUT2D eigenvalue weighted by molar-refractivity contribution is 6.00. The van der Waals surface area contributed by atoms with Gasteiger partial charge in [0.15, 0.2) is 11.6 Å². The number of aliphatic hydroxyl groups is 1. The van der Waals surface area contributed by atoms with Crippen LogP contribution in [0, 0.1) is 0 Å². The Morgan fingerprint density at radius 2 is 2.10 bits per heavy atom. The molecule has 0 aromatic rings. The van der Waals surface area contributed by atoms with Crippen LogP contribution in [0.2, 0.25) is 0 Å². The number of rotatable bonds is 2. The number of hydrogen-bond acceptors (Lipinski definition) is 5. The van der Waals surface area contributed by atoms with Gasteiger partial charge in [0.1, 0.15) is 11.4 Å². The number of hydrogen-bond donors (Lipinski definition) is 1. The van der Waals surface area contributed by atoms with Gasteiger partial charge in [-0.05, 0) is 37.6 Å². The Balaban J connectivity index is 1.76. The summed E-state index contributed by atoms with van der Waals surface area (Å²) in [5.74, 6) is -0.864. The van der Waals surface area contributed by atoms with Gasteiger partial charge < -0.3 is 14.6 Å². The quantitative estimate of drug-likeness (QED) is 0.834. The maximum atomic E-state index is 11.3. The molecule has 0 saturated carbocycles. The van der Waals surface area contributed by atoms with E-state index in [1.807, 2.05) is 0 Å². The van der Waals surface area contributed by atoms with Crippen LogP contribution in [0.4, 0.5) is 0 Å². The summed E-state index contributed by atoms with van der Waals surface area (Å²) in [5, 5.41) is 10.1. The Hall–Kier alpha value is -1.30. The van der Waals surface area contributed by atoms with Crippen LogP contribution in [-0.4, -0.2) is 40.3 Å². The molecule has 0 aromatic carbocycles. The SMILES string of the molecule is CC(=O)C[C@@H]1C[C@H](O)C[C@@]2(CCC3(C=CC(=O)C=C3)O2)O1. The first kappa shape index (κ1) is 14.6. The number of Topliss-reactive ketones (excluding diaryl/α,β-unsaturated/α-hetero) is 1. The Labute approximate surface area is 123 Å². The fourth-order valence-electron chi connectivity index (χ4n) is 3.44. The lowest BCUT2D eigenvalue weighted by atomic mass is 9.91. The predicted octanol–water partition coefficient (Wildman–Crippen LogP) is 1.45. The van der Waals surface area contributed by atoms with Crippen molar-refractivity contribution in [1.29, 1.82) is 0 Å². The number of aliphatic hydroxyl groups excluding tert-OH is 1. The number of ketones is 2. The van der Waals surface area contributed by atoms with Gasteiger partial charge in [0.2, 0.25) is 0 Å². The van der Waals surface area contributed by atoms with Gasteiger partial charge in [-0.15, -0.1) is 0 Å². The molecule has 3 rings (SSSR count). The Bertz CT molecular complexity index is 505. The minimum atomic E-state index is -0.854. The van der Waals surface area contributed by atoms with Crippen LogP contribution >= 0.6 is 0 Å². The number of carbonyl (C=O) groups is 2. The van der Waals surface area contributed by atoms with Crippen molar-refractivity contribution in [1.82, 2.24) is 0 Å². The topological polar surface area (TPSA) is 72.8 Å². The molecule has 5 nitrogen and oxygen atoms in total. The zero-order chi connectivity index (χ0) is 15.1. The van der Waals surface area contributed by atoms with E-state index in [1.54, 1.807) is 12.2 Å². The zero-order valence-corrected chi connectivity index (χ0v) is 12.1. The second-order valence-corrected chi connectivity index (χ2v) is 6.28. The Kier molecular flexibility index (Phi) is 3.59. The molecule has 1 N–H and O–H groups in total. The lowest BCUT2D eigenvalue weighted by Gasteiger charge is -2.41. The van der Waals surface area contributed by atoms with Gasteiger partial charge in [0.25, 0.3) is 0 Å². The lowest BCUT2D eigenvalue weighted by Crippen LogP contribution is -2.48. The second-order valence-electron chi connectivity index (χ2n) is 6.28. The summed E-state index contributed by atoms with van der Waals surface area (Å²) in [6, 6.07) is 0. The molecule has 2 fully saturated rings. The van der Waals surface area contributed by atoms with E-state index in [0.717, 1.165) is 0 Å². The molecule has 2 spiro atoms. The number of carbonyl (C=O) groups excluding carboxylic acids is 2. The fourth-order valence-corrected chi connectivity index (χ4v) is 3.44. The molecule has 2 heterocycles. The molecule has 1 aliphatic carbocycles. The van der Waals surface area contributed by atoms with E-state index in [2.05, 4.69) is 0 Å². The van der Waals surface area contributed by atoms with Crippen LogP contribution in [0.25, 0.3) is 0 Å². The van der Waals surface area contributed by atoms with E-state index in [1.165, 1.54) is 19.1 Å². The number of ether oxygens (including phenoxy) is 2. The lowest BCUT2D eigenvalue weighted by molar-refractivity contribution is -0.290. The van der Waals surface area contributed by atoms with Crippen LogP contribution in [0.3, 0.4) is 0 Å². The molecule has 5 heteroatoms. The van der Waals surface area contributed by atoms with E-state index in [4.69, 9.17) is 9.47 Å². The third-order valence-corrected chi connectivity index (χ3v) is 4.31. The van der Waals surface area contributed by atoms with E-state index in [9.17, 15) is 14.7 Å². The van der Waals surface area contributed by atoms with Crippen molar-refractivity contribution in [2.45, 2.75) is 62.6 Å². The van der Waals surface area contributed by atoms with E-state index in [-0.39, 0.29) is 17.7 Å². The second kappa shape index (κ2) is 5.16. The minimum absolute atomic E-state index is 0.0417. The van der Waals surface area contributed by atoms with Gasteiger partial charge in [-0.1, -0.05) is 0 Å². The smallest absolute Gasteiger partial charge is 0.178 e. The molecule has 3 aliphatic rings. The molecule has 2 aliphatic heterocycles. The van der Waals surface area contributed by atoms with Gasteiger partial charge in [-0.2, -0.15) is 0 Å². The maximum Gasteiger partial charge on any atom is 0.178 e. The molecule has 2 saturated heterocycles. The van der Waals surface area contributed by atoms with Gasteiger partial charge in [0.05, 0.1) is 12.2 Å². The molecule has 0 unspecified atom stereocenters. The third kappa shape index (κ3) is 3.00. The highest BCUT2D eigenvalue weighted by Gasteiger charge is 2.52. The summed E-state index contributed by atoms with van der Waals surface area (Å²) in [7, 11) is 0. The summed E-state index contributed by atoms with van der Waals surface area (Å²) in [5.41, 5.74) is -0.619. The van der Waals surface area contributed by atoms with E-state index < -0.39 is 17.5 Å². The standard InChI is InChI=1S/C16H20O5/c1-11(17)8-14-9-13(19)10-16(20-14)7-6-15(21-16)4-2-12(18)3-5-15/h2-5,13-14,19H,6-10H2,1H3/t13-,14+,16-/m0/s1. The first-order valence-corrected chi connectivity index (χ1v) is 7.38. The summed E-state index contributed by atoms with van der Waals surface area (Å²) in [6.45, 7) is 1.52. The fraction of sp³-hybridized carbons (Fsp3) is 0.625. The van der Waals surface area contributed by atoms with Crippen molar-refractivity contribution in [3.05, 3.63) is 24.3 Å². The summed E-state index contributed by atoms with van der Waals surface area (Å²) < 4.78 is 12.1. The Morgan fingerprint density at radius 1 is 1.38 bits per heavy atom. The van der Waals surface area contributed by atoms with Crippen LogP contribution in [-0.2, 0) is 19.1 Å². The molecule has 0 aromatic heterocycles. The first-order chi connectivity index (χ1) is 9.90. The highest BCUT2D eigenvalue weighted by Crippen LogP contribution is 2.47. The van der Waals surface area contributed by atoms with E-state index >= 15 is 0 Å². The summed E-state index contributed by atoms with van der Waals surface area (Å²) >= 11 is 0. The molecule has 114 valence electrons. The normalized spacial score (nSPS) is 37.5. The molecule has 0 radical (unpaired) electrons. The van der Waals surface area contributed by atoms with Gasteiger partial charge >= 0.3 is 0 Å². The highest BCUT2D eigenvalue weighted by atomic mass is 16.7. The molecule has 3 atom stereocenters. The molecule has 0 amide bonds. The van der Waals surface area contributed by atoms with Gasteiger partial charge in [-0.3, -0.25) is 9.59 Å². The zero-order valence-electron chi connectivity index (χ0n) is 12.1. The van der Waals surface area contributed by atoms with Crippen molar-refractivity contribution in [2.75, 3.05) is 0 Å².